The summed E-state index contributed by atoms with van der Waals surface area (Å²) in [5.74, 6) is -0.159. The monoisotopic (exact) mass is 179 g/mol. The Labute approximate surface area is 77.4 Å². The Hall–Kier alpha value is -1.12. The largest absolute Gasteiger partial charge is 0.274 e. The molecule has 0 spiro atoms. The fourth-order valence-electron chi connectivity index (χ4n) is 2.37. The SMILES string of the molecule is C=CN1C(=O)C2CCCCC2C1=O. The lowest BCUT2D eigenvalue weighted by atomic mass is 9.81. The molecule has 2 unspecified atom stereocenters. The number of fused-ring (bicyclic) bond motifs is 1. The normalized spacial score (nSPS) is 33.4. The van der Waals surface area contributed by atoms with E-state index in [1.807, 2.05) is 0 Å². The van der Waals surface area contributed by atoms with Crippen LogP contribution >= 0.6 is 0 Å². The Bertz CT molecular complexity index is 248. The van der Waals surface area contributed by atoms with E-state index in [0.29, 0.717) is 0 Å². The van der Waals surface area contributed by atoms with Gasteiger partial charge in [-0.3, -0.25) is 14.5 Å². The lowest BCUT2D eigenvalue weighted by Crippen LogP contribution is -2.24. The van der Waals surface area contributed by atoms with Crippen molar-refractivity contribution in [2.45, 2.75) is 25.7 Å². The van der Waals surface area contributed by atoms with Gasteiger partial charge in [0.05, 0.1) is 11.8 Å². The Kier molecular flexibility index (Phi) is 1.94. The fourth-order valence-corrected chi connectivity index (χ4v) is 2.37. The lowest BCUT2D eigenvalue weighted by Gasteiger charge is -2.19. The van der Waals surface area contributed by atoms with E-state index in [1.54, 1.807) is 0 Å². The molecule has 1 aliphatic carbocycles. The predicted octanol–water partition coefficient (Wildman–Crippen LogP) is 1.31. The first-order valence-electron chi connectivity index (χ1n) is 4.75. The van der Waals surface area contributed by atoms with Gasteiger partial charge >= 0.3 is 0 Å². The zero-order valence-electron chi connectivity index (χ0n) is 7.53. The minimum absolute atomic E-state index is 0.0373. The molecule has 0 N–H and O–H groups in total. The second kappa shape index (κ2) is 2.98. The number of rotatable bonds is 1. The first-order chi connectivity index (χ1) is 6.25. The molecule has 70 valence electrons. The summed E-state index contributed by atoms with van der Waals surface area (Å²) in [6, 6.07) is 0. The Balaban J connectivity index is 2.27. The smallest absolute Gasteiger partial charge is 0.237 e. The van der Waals surface area contributed by atoms with Crippen LogP contribution in [0, 0.1) is 11.8 Å². The minimum Gasteiger partial charge on any atom is -0.274 e. The van der Waals surface area contributed by atoms with E-state index in [2.05, 4.69) is 6.58 Å². The molecule has 0 aromatic heterocycles. The van der Waals surface area contributed by atoms with E-state index in [9.17, 15) is 9.59 Å². The van der Waals surface area contributed by atoms with Crippen molar-refractivity contribution < 1.29 is 9.59 Å². The van der Waals surface area contributed by atoms with E-state index in [0.717, 1.165) is 25.7 Å². The summed E-state index contributed by atoms with van der Waals surface area (Å²) in [6.07, 6.45) is 5.25. The number of imide groups is 1. The number of carbonyl (C=O) groups is 2. The van der Waals surface area contributed by atoms with Crippen LogP contribution in [-0.2, 0) is 9.59 Å². The van der Waals surface area contributed by atoms with Crippen LogP contribution in [0.25, 0.3) is 0 Å². The highest BCUT2D eigenvalue weighted by molar-refractivity contribution is 6.06. The third-order valence-corrected chi connectivity index (χ3v) is 3.06. The summed E-state index contributed by atoms with van der Waals surface area (Å²) in [5.41, 5.74) is 0. The van der Waals surface area contributed by atoms with Gasteiger partial charge in [0, 0.05) is 6.20 Å². The molecule has 3 nitrogen and oxygen atoms in total. The van der Waals surface area contributed by atoms with Gasteiger partial charge < -0.3 is 0 Å². The first kappa shape index (κ1) is 8.48. The van der Waals surface area contributed by atoms with Crippen LogP contribution in [0.4, 0.5) is 0 Å². The molecule has 1 heterocycles. The third-order valence-electron chi connectivity index (χ3n) is 3.06. The molecule has 3 heteroatoms. The molecule has 2 fully saturated rings. The Morgan fingerprint density at radius 3 is 2.00 bits per heavy atom. The van der Waals surface area contributed by atoms with Crippen molar-refractivity contribution in [2.75, 3.05) is 0 Å². The van der Waals surface area contributed by atoms with E-state index < -0.39 is 0 Å². The van der Waals surface area contributed by atoms with Gasteiger partial charge in [0.25, 0.3) is 0 Å². The van der Waals surface area contributed by atoms with E-state index in [-0.39, 0.29) is 23.7 Å². The number of nitrogens with zero attached hydrogens (tertiary/aromatic N) is 1. The molecule has 13 heavy (non-hydrogen) atoms. The number of hydrogen-bond donors (Lipinski definition) is 0. The van der Waals surface area contributed by atoms with Crippen LogP contribution in [-0.4, -0.2) is 16.7 Å². The summed E-state index contributed by atoms with van der Waals surface area (Å²) in [7, 11) is 0. The van der Waals surface area contributed by atoms with Crippen molar-refractivity contribution >= 4 is 11.8 Å². The van der Waals surface area contributed by atoms with E-state index in [4.69, 9.17) is 0 Å². The average molecular weight is 179 g/mol. The van der Waals surface area contributed by atoms with Crippen molar-refractivity contribution in [1.82, 2.24) is 4.90 Å². The molecule has 1 aliphatic heterocycles. The topological polar surface area (TPSA) is 37.4 Å². The van der Waals surface area contributed by atoms with Gasteiger partial charge in [-0.25, -0.2) is 0 Å². The molecule has 1 saturated heterocycles. The summed E-state index contributed by atoms with van der Waals surface area (Å²) in [4.78, 5) is 24.4. The highest BCUT2D eigenvalue weighted by Gasteiger charge is 2.46. The second-order valence-electron chi connectivity index (χ2n) is 3.73. The predicted molar refractivity (Wildman–Crippen MR) is 47.5 cm³/mol. The molecule has 1 saturated carbocycles. The molecule has 0 aromatic rings. The van der Waals surface area contributed by atoms with Crippen molar-refractivity contribution in [2.24, 2.45) is 11.8 Å². The van der Waals surface area contributed by atoms with Gasteiger partial charge in [-0.2, -0.15) is 0 Å². The van der Waals surface area contributed by atoms with E-state index in [1.165, 1.54) is 11.1 Å². The summed E-state index contributed by atoms with van der Waals surface area (Å²) >= 11 is 0. The third kappa shape index (κ3) is 1.10. The summed E-state index contributed by atoms with van der Waals surface area (Å²) in [6.45, 7) is 3.49. The van der Waals surface area contributed by atoms with Crippen LogP contribution in [0.15, 0.2) is 12.8 Å². The first-order valence-corrected chi connectivity index (χ1v) is 4.75. The van der Waals surface area contributed by atoms with Crippen LogP contribution in [0.1, 0.15) is 25.7 Å². The molecule has 2 rings (SSSR count). The number of carbonyl (C=O) groups excluding carboxylic acids is 2. The maximum Gasteiger partial charge on any atom is 0.237 e. The highest BCUT2D eigenvalue weighted by atomic mass is 16.2. The molecule has 0 aromatic carbocycles. The van der Waals surface area contributed by atoms with Gasteiger partial charge in [0.2, 0.25) is 11.8 Å². The maximum absolute atomic E-state index is 11.6. The van der Waals surface area contributed by atoms with Gasteiger partial charge in [0.15, 0.2) is 0 Å². The summed E-state index contributed by atoms with van der Waals surface area (Å²) in [5, 5.41) is 0. The lowest BCUT2D eigenvalue weighted by molar-refractivity contribution is -0.136. The Morgan fingerprint density at radius 1 is 1.15 bits per heavy atom. The Morgan fingerprint density at radius 2 is 1.62 bits per heavy atom. The summed E-state index contributed by atoms with van der Waals surface area (Å²) < 4.78 is 0. The molecule has 2 aliphatic rings. The average Bonchev–Trinajstić information content (AvgIpc) is 2.41. The molecule has 0 bridgehead atoms. The quantitative estimate of drug-likeness (QED) is 0.569. The van der Waals surface area contributed by atoms with Crippen LogP contribution in [0.5, 0.6) is 0 Å². The number of likely N-dealkylation sites (tertiary alicyclic amines) is 1. The van der Waals surface area contributed by atoms with Crippen molar-refractivity contribution in [1.29, 1.82) is 0 Å². The minimum atomic E-state index is -0.0424. The van der Waals surface area contributed by atoms with Crippen LogP contribution in [0.3, 0.4) is 0 Å². The molecule has 0 radical (unpaired) electrons. The van der Waals surface area contributed by atoms with Gasteiger partial charge in [0.1, 0.15) is 0 Å². The standard InChI is InChI=1S/C10H13NO2/c1-2-11-9(12)7-5-3-4-6-8(7)10(11)13/h2,7-8H,1,3-6H2. The molecular formula is C10H13NO2. The molecule has 2 atom stereocenters. The van der Waals surface area contributed by atoms with Gasteiger partial charge in [-0.15, -0.1) is 0 Å². The number of amides is 2. The van der Waals surface area contributed by atoms with Crippen LogP contribution < -0.4 is 0 Å². The van der Waals surface area contributed by atoms with Gasteiger partial charge in [-0.05, 0) is 12.8 Å². The van der Waals surface area contributed by atoms with Crippen molar-refractivity contribution in [3.05, 3.63) is 12.8 Å². The highest BCUT2D eigenvalue weighted by Crippen LogP contribution is 2.37. The van der Waals surface area contributed by atoms with Crippen LogP contribution in [0.2, 0.25) is 0 Å². The fraction of sp³-hybridized carbons (Fsp3) is 0.600. The van der Waals surface area contributed by atoms with E-state index >= 15 is 0 Å². The second-order valence-corrected chi connectivity index (χ2v) is 3.73. The van der Waals surface area contributed by atoms with Gasteiger partial charge in [-0.1, -0.05) is 19.4 Å². The zero-order valence-corrected chi connectivity index (χ0v) is 7.53. The number of hydrogen-bond acceptors (Lipinski definition) is 2. The zero-order chi connectivity index (χ0) is 9.42. The molecule has 2 amide bonds. The van der Waals surface area contributed by atoms with Crippen molar-refractivity contribution in [3.63, 3.8) is 0 Å². The molecular weight excluding hydrogens is 166 g/mol. The maximum atomic E-state index is 11.6. The van der Waals surface area contributed by atoms with Crippen molar-refractivity contribution in [3.8, 4) is 0 Å².